The zero-order chi connectivity index (χ0) is 15.1. The second kappa shape index (κ2) is 7.59. The Morgan fingerprint density at radius 1 is 1.19 bits per heavy atom. The highest BCUT2D eigenvalue weighted by molar-refractivity contribution is 7.99. The van der Waals surface area contributed by atoms with Crippen molar-refractivity contribution < 1.29 is 19.0 Å². The Bertz CT molecular complexity index is 454. The number of hydrogen-bond acceptors (Lipinski definition) is 5. The molecule has 4 nitrogen and oxygen atoms in total. The van der Waals surface area contributed by atoms with Crippen molar-refractivity contribution in [3.63, 3.8) is 0 Å². The monoisotopic (exact) mass is 310 g/mol. The molecule has 0 amide bonds. The highest BCUT2D eigenvalue weighted by Gasteiger charge is 2.44. The molecule has 21 heavy (non-hydrogen) atoms. The van der Waals surface area contributed by atoms with Crippen molar-refractivity contribution in [3.05, 3.63) is 24.3 Å². The molecule has 1 fully saturated rings. The summed E-state index contributed by atoms with van der Waals surface area (Å²) in [5.41, 5.74) is 0.192. The zero-order valence-electron chi connectivity index (χ0n) is 12.6. The number of ether oxygens (including phenoxy) is 3. The van der Waals surface area contributed by atoms with Crippen LogP contribution in [-0.2, 0) is 9.53 Å². The van der Waals surface area contributed by atoms with E-state index in [1.807, 2.05) is 36.0 Å². The molecule has 0 saturated heterocycles. The van der Waals surface area contributed by atoms with Gasteiger partial charge in [0.15, 0.2) is 0 Å². The molecule has 1 aliphatic carbocycles. The minimum atomic E-state index is -0.0948. The van der Waals surface area contributed by atoms with Crippen LogP contribution in [0.3, 0.4) is 0 Å². The van der Waals surface area contributed by atoms with E-state index in [9.17, 15) is 4.79 Å². The summed E-state index contributed by atoms with van der Waals surface area (Å²) in [7, 11) is 3.10. The van der Waals surface area contributed by atoms with Gasteiger partial charge in [-0.2, -0.15) is 11.8 Å². The molecule has 0 spiro atoms. The highest BCUT2D eigenvalue weighted by Crippen LogP contribution is 2.51. The summed E-state index contributed by atoms with van der Waals surface area (Å²) in [5.74, 6) is 3.52. The number of carbonyl (C=O) groups is 1. The highest BCUT2D eigenvalue weighted by atomic mass is 32.2. The lowest BCUT2D eigenvalue weighted by Crippen LogP contribution is -2.14. The van der Waals surface area contributed by atoms with E-state index < -0.39 is 0 Å². The number of hydrogen-bond donors (Lipinski definition) is 0. The normalized spacial score (nSPS) is 15.3. The lowest BCUT2D eigenvalue weighted by Gasteiger charge is -2.13. The molecule has 1 saturated carbocycles. The van der Waals surface area contributed by atoms with E-state index in [1.54, 1.807) is 7.11 Å². The molecule has 2 rings (SSSR count). The molecule has 0 aliphatic heterocycles. The van der Waals surface area contributed by atoms with Crippen molar-refractivity contribution in [2.24, 2.45) is 5.41 Å². The Kier molecular flexibility index (Phi) is 5.79. The molecular weight excluding hydrogens is 288 g/mol. The van der Waals surface area contributed by atoms with Gasteiger partial charge in [0, 0.05) is 5.75 Å². The average molecular weight is 310 g/mol. The molecule has 0 bridgehead atoms. The van der Waals surface area contributed by atoms with Crippen molar-refractivity contribution in [2.75, 3.05) is 32.3 Å². The Labute approximate surface area is 130 Å². The van der Waals surface area contributed by atoms with Crippen LogP contribution >= 0.6 is 11.8 Å². The molecule has 0 radical (unpaired) electrons. The smallest absolute Gasteiger partial charge is 0.306 e. The van der Waals surface area contributed by atoms with Gasteiger partial charge in [0.05, 0.1) is 27.2 Å². The van der Waals surface area contributed by atoms with E-state index in [-0.39, 0.29) is 11.4 Å². The number of rotatable bonds is 9. The van der Waals surface area contributed by atoms with Crippen LogP contribution in [0.25, 0.3) is 0 Å². The summed E-state index contributed by atoms with van der Waals surface area (Å²) in [6.45, 7) is 0.672. The lowest BCUT2D eigenvalue weighted by atomic mass is 10.1. The fourth-order valence-corrected chi connectivity index (χ4v) is 3.28. The van der Waals surface area contributed by atoms with Gasteiger partial charge in [0.25, 0.3) is 0 Å². The molecule has 1 aliphatic rings. The van der Waals surface area contributed by atoms with Gasteiger partial charge in [-0.05, 0) is 48.3 Å². The first-order chi connectivity index (χ1) is 10.2. The first kappa shape index (κ1) is 16.0. The number of thioether (sulfide) groups is 1. The van der Waals surface area contributed by atoms with Gasteiger partial charge in [-0.15, -0.1) is 0 Å². The van der Waals surface area contributed by atoms with Crippen LogP contribution in [0.4, 0.5) is 0 Å². The van der Waals surface area contributed by atoms with E-state index in [0.717, 1.165) is 35.8 Å². The maximum Gasteiger partial charge on any atom is 0.306 e. The molecule has 116 valence electrons. The van der Waals surface area contributed by atoms with Crippen molar-refractivity contribution in [1.29, 1.82) is 0 Å². The number of esters is 1. The van der Waals surface area contributed by atoms with Gasteiger partial charge in [0.2, 0.25) is 0 Å². The molecule has 1 aromatic rings. The molecular formula is C16H22O4S. The summed E-state index contributed by atoms with van der Waals surface area (Å²) < 4.78 is 15.5. The number of methoxy groups -OCH3 is 2. The minimum Gasteiger partial charge on any atom is -0.497 e. The second-order valence-electron chi connectivity index (χ2n) is 5.33. The molecule has 0 unspecified atom stereocenters. The first-order valence-corrected chi connectivity index (χ1v) is 8.24. The van der Waals surface area contributed by atoms with Gasteiger partial charge in [-0.25, -0.2) is 0 Å². The summed E-state index contributed by atoms with van der Waals surface area (Å²) in [6, 6.07) is 7.59. The van der Waals surface area contributed by atoms with Gasteiger partial charge in [0.1, 0.15) is 11.5 Å². The predicted molar refractivity (Wildman–Crippen MR) is 84.1 cm³/mol. The molecule has 5 heteroatoms. The SMILES string of the molecule is COC(=O)CC1(CSCCOc2ccc(OC)cc2)CC1. The molecule has 0 aromatic heterocycles. The van der Waals surface area contributed by atoms with Gasteiger partial charge < -0.3 is 14.2 Å². The van der Waals surface area contributed by atoms with Crippen molar-refractivity contribution in [1.82, 2.24) is 0 Å². The quantitative estimate of drug-likeness (QED) is 0.518. The molecule has 0 atom stereocenters. The van der Waals surface area contributed by atoms with Gasteiger partial charge in [-0.1, -0.05) is 0 Å². The largest absolute Gasteiger partial charge is 0.497 e. The fourth-order valence-electron chi connectivity index (χ4n) is 2.11. The summed E-state index contributed by atoms with van der Waals surface area (Å²) in [5, 5.41) is 0. The van der Waals surface area contributed by atoms with Gasteiger partial charge in [-0.3, -0.25) is 4.79 Å². The third-order valence-corrected chi connectivity index (χ3v) is 4.94. The van der Waals surface area contributed by atoms with Crippen LogP contribution < -0.4 is 9.47 Å². The third kappa shape index (κ3) is 5.16. The molecule has 1 aromatic carbocycles. The number of carbonyl (C=O) groups excluding carboxylic acids is 1. The van der Waals surface area contributed by atoms with Crippen molar-refractivity contribution in [3.8, 4) is 11.5 Å². The minimum absolute atomic E-state index is 0.0948. The van der Waals surface area contributed by atoms with Crippen LogP contribution in [-0.4, -0.2) is 38.3 Å². The maximum absolute atomic E-state index is 11.3. The maximum atomic E-state index is 11.3. The predicted octanol–water partition coefficient (Wildman–Crippen LogP) is 3.15. The first-order valence-electron chi connectivity index (χ1n) is 7.09. The zero-order valence-corrected chi connectivity index (χ0v) is 13.4. The van der Waals surface area contributed by atoms with Crippen LogP contribution in [0.2, 0.25) is 0 Å². The molecule has 0 heterocycles. The average Bonchev–Trinajstić information content (AvgIpc) is 3.27. The Morgan fingerprint density at radius 3 is 2.43 bits per heavy atom. The van der Waals surface area contributed by atoms with E-state index in [1.165, 1.54) is 7.11 Å². The number of benzene rings is 1. The third-order valence-electron chi connectivity index (χ3n) is 3.67. The lowest BCUT2D eigenvalue weighted by molar-refractivity contribution is -0.141. The second-order valence-corrected chi connectivity index (χ2v) is 6.43. The topological polar surface area (TPSA) is 44.8 Å². The Hall–Kier alpha value is -1.36. The van der Waals surface area contributed by atoms with Crippen molar-refractivity contribution >= 4 is 17.7 Å². The Morgan fingerprint density at radius 2 is 1.86 bits per heavy atom. The van der Waals surface area contributed by atoms with E-state index in [0.29, 0.717) is 13.0 Å². The van der Waals surface area contributed by atoms with Crippen molar-refractivity contribution in [2.45, 2.75) is 19.3 Å². The van der Waals surface area contributed by atoms with Gasteiger partial charge >= 0.3 is 5.97 Å². The van der Waals surface area contributed by atoms with Crippen LogP contribution in [0.15, 0.2) is 24.3 Å². The fraction of sp³-hybridized carbons (Fsp3) is 0.562. The summed E-state index contributed by atoms with van der Waals surface area (Å²) in [6.07, 6.45) is 2.82. The van der Waals surface area contributed by atoms with E-state index >= 15 is 0 Å². The van der Waals surface area contributed by atoms with Crippen LogP contribution in [0.1, 0.15) is 19.3 Å². The Balaban J connectivity index is 1.60. The summed E-state index contributed by atoms with van der Waals surface area (Å²) in [4.78, 5) is 11.3. The molecule has 0 N–H and O–H groups in total. The van der Waals surface area contributed by atoms with E-state index in [2.05, 4.69) is 0 Å². The van der Waals surface area contributed by atoms with E-state index in [4.69, 9.17) is 14.2 Å². The standard InChI is InChI=1S/C16H22O4S/c1-18-13-3-5-14(6-4-13)20-9-10-21-12-16(7-8-16)11-15(17)19-2/h3-6H,7-12H2,1-2H3. The van der Waals surface area contributed by atoms with Crippen LogP contribution in [0.5, 0.6) is 11.5 Å². The van der Waals surface area contributed by atoms with Crippen LogP contribution in [0, 0.1) is 5.41 Å². The summed E-state index contributed by atoms with van der Waals surface area (Å²) >= 11 is 1.84.